The molecule has 0 spiro atoms. The first-order chi connectivity index (χ1) is 9.77. The minimum absolute atomic E-state index is 0.127. The molecule has 4 nitrogen and oxygen atoms in total. The molecule has 3 N–H and O–H groups in total. The fraction of sp³-hybridized carbons (Fsp3) is 0.200. The molecule has 0 radical (unpaired) electrons. The molecule has 0 aliphatic heterocycles. The summed E-state index contributed by atoms with van der Waals surface area (Å²) >= 11 is 3.43. The zero-order chi connectivity index (χ0) is 15.6. The van der Waals surface area contributed by atoms with Crippen molar-refractivity contribution >= 4 is 31.6 Å². The van der Waals surface area contributed by atoms with Gasteiger partial charge in [0, 0.05) is 16.7 Å². The van der Waals surface area contributed by atoms with Gasteiger partial charge in [0.15, 0.2) is 0 Å². The third-order valence-electron chi connectivity index (χ3n) is 3.34. The number of nitrogens with one attached hydrogen (secondary N) is 1. The highest BCUT2D eigenvalue weighted by Gasteiger charge is 2.12. The van der Waals surface area contributed by atoms with E-state index in [9.17, 15) is 8.42 Å². The number of anilines is 1. The Labute approximate surface area is 133 Å². The predicted molar refractivity (Wildman–Crippen MR) is 88.8 cm³/mol. The van der Waals surface area contributed by atoms with Crippen LogP contribution >= 0.6 is 15.9 Å². The van der Waals surface area contributed by atoms with Crippen LogP contribution < -0.4 is 10.5 Å². The second kappa shape index (κ2) is 6.17. The number of hydrogen-bond acceptors (Lipinski definition) is 3. The van der Waals surface area contributed by atoms with Gasteiger partial charge in [-0.2, -0.15) is 0 Å². The van der Waals surface area contributed by atoms with Crippen LogP contribution in [0.5, 0.6) is 0 Å². The topological polar surface area (TPSA) is 72.2 Å². The van der Waals surface area contributed by atoms with Crippen LogP contribution in [0.25, 0.3) is 0 Å². The zero-order valence-electron chi connectivity index (χ0n) is 11.9. The van der Waals surface area contributed by atoms with Gasteiger partial charge >= 0.3 is 0 Å². The molecule has 0 fully saturated rings. The molecule has 6 heteroatoms. The van der Waals surface area contributed by atoms with Gasteiger partial charge in [0.25, 0.3) is 0 Å². The van der Waals surface area contributed by atoms with E-state index < -0.39 is 10.0 Å². The van der Waals surface area contributed by atoms with Crippen molar-refractivity contribution in [3.8, 4) is 0 Å². The molecule has 0 saturated carbocycles. The Kier molecular flexibility index (Phi) is 4.70. The standard InChI is InChI=1S/C15H17BrN2O2S/c1-10-6-14(21(17,19)20)8-15(11(10)2)18-9-12-4-3-5-13(16)7-12/h3-8,18H,9H2,1-2H3,(H2,17,19,20). The minimum Gasteiger partial charge on any atom is -0.381 e. The Balaban J connectivity index is 2.29. The number of primary sulfonamides is 1. The van der Waals surface area contributed by atoms with Crippen LogP contribution in [0.4, 0.5) is 5.69 Å². The van der Waals surface area contributed by atoms with Crippen molar-refractivity contribution in [2.45, 2.75) is 25.3 Å². The number of rotatable bonds is 4. The Morgan fingerprint density at radius 1 is 1.19 bits per heavy atom. The molecule has 2 aromatic rings. The number of halogens is 1. The molecule has 2 aromatic carbocycles. The average molecular weight is 369 g/mol. The molecule has 112 valence electrons. The van der Waals surface area contributed by atoms with Crippen LogP contribution in [-0.2, 0) is 16.6 Å². The van der Waals surface area contributed by atoms with Gasteiger partial charge < -0.3 is 5.32 Å². The van der Waals surface area contributed by atoms with Gasteiger partial charge in [-0.15, -0.1) is 0 Å². The molecule has 2 rings (SSSR count). The first-order valence-electron chi connectivity index (χ1n) is 6.40. The fourth-order valence-corrected chi connectivity index (χ4v) is 3.09. The van der Waals surface area contributed by atoms with Crippen LogP contribution in [0.1, 0.15) is 16.7 Å². The van der Waals surface area contributed by atoms with Gasteiger partial charge in [-0.1, -0.05) is 28.1 Å². The Morgan fingerprint density at radius 3 is 2.52 bits per heavy atom. The predicted octanol–water partition coefficient (Wildman–Crippen LogP) is 3.33. The molecule has 0 aromatic heterocycles. The maximum atomic E-state index is 11.5. The maximum Gasteiger partial charge on any atom is 0.238 e. The average Bonchev–Trinajstić information content (AvgIpc) is 2.39. The third kappa shape index (κ3) is 4.06. The summed E-state index contributed by atoms with van der Waals surface area (Å²) in [6.45, 7) is 4.42. The lowest BCUT2D eigenvalue weighted by Gasteiger charge is -2.14. The first-order valence-corrected chi connectivity index (χ1v) is 8.73. The monoisotopic (exact) mass is 368 g/mol. The number of hydrogen-bond donors (Lipinski definition) is 2. The van der Waals surface area contributed by atoms with E-state index in [4.69, 9.17) is 5.14 Å². The molecule has 0 bridgehead atoms. The van der Waals surface area contributed by atoms with Crippen molar-refractivity contribution < 1.29 is 8.42 Å². The van der Waals surface area contributed by atoms with Gasteiger partial charge in [-0.25, -0.2) is 13.6 Å². The first kappa shape index (κ1) is 16.0. The third-order valence-corrected chi connectivity index (χ3v) is 4.73. The molecule has 21 heavy (non-hydrogen) atoms. The lowest BCUT2D eigenvalue weighted by atomic mass is 10.1. The zero-order valence-corrected chi connectivity index (χ0v) is 14.3. The summed E-state index contributed by atoms with van der Waals surface area (Å²) in [5.41, 5.74) is 3.78. The van der Waals surface area contributed by atoms with Crippen LogP contribution in [-0.4, -0.2) is 8.42 Å². The van der Waals surface area contributed by atoms with Crippen molar-refractivity contribution in [1.82, 2.24) is 0 Å². The molecule has 0 saturated heterocycles. The Hall–Kier alpha value is -1.37. The van der Waals surface area contributed by atoms with E-state index in [0.717, 1.165) is 26.9 Å². The van der Waals surface area contributed by atoms with Gasteiger partial charge in [-0.05, 0) is 54.8 Å². The summed E-state index contributed by atoms with van der Waals surface area (Å²) < 4.78 is 24.0. The summed E-state index contributed by atoms with van der Waals surface area (Å²) in [4.78, 5) is 0.127. The van der Waals surface area contributed by atoms with Gasteiger partial charge in [-0.3, -0.25) is 0 Å². The number of aryl methyl sites for hydroxylation is 1. The smallest absolute Gasteiger partial charge is 0.238 e. The van der Waals surface area contributed by atoms with E-state index in [1.165, 1.54) is 0 Å². The van der Waals surface area contributed by atoms with Crippen molar-refractivity contribution in [1.29, 1.82) is 0 Å². The molecule has 0 atom stereocenters. The fourth-order valence-electron chi connectivity index (χ4n) is 2.02. The van der Waals surface area contributed by atoms with E-state index >= 15 is 0 Å². The quantitative estimate of drug-likeness (QED) is 0.869. The molecule has 0 unspecified atom stereocenters. The number of benzene rings is 2. The molecular formula is C15H17BrN2O2S. The van der Waals surface area contributed by atoms with Crippen LogP contribution in [0.15, 0.2) is 45.8 Å². The van der Waals surface area contributed by atoms with Crippen molar-refractivity contribution in [3.63, 3.8) is 0 Å². The lowest BCUT2D eigenvalue weighted by Crippen LogP contribution is -2.13. The summed E-state index contributed by atoms with van der Waals surface area (Å²) in [6, 6.07) is 11.1. The van der Waals surface area contributed by atoms with E-state index in [0.29, 0.717) is 6.54 Å². The molecule has 0 heterocycles. The number of sulfonamides is 1. The van der Waals surface area contributed by atoms with Crippen molar-refractivity contribution in [3.05, 3.63) is 57.6 Å². The highest BCUT2D eigenvalue weighted by molar-refractivity contribution is 9.10. The molecule has 0 aliphatic rings. The molecular weight excluding hydrogens is 352 g/mol. The summed E-state index contributed by atoms with van der Waals surface area (Å²) in [5.74, 6) is 0. The van der Waals surface area contributed by atoms with E-state index in [1.807, 2.05) is 38.1 Å². The lowest BCUT2D eigenvalue weighted by molar-refractivity contribution is 0.597. The highest BCUT2D eigenvalue weighted by atomic mass is 79.9. The van der Waals surface area contributed by atoms with E-state index in [1.54, 1.807) is 12.1 Å². The SMILES string of the molecule is Cc1cc(S(N)(=O)=O)cc(NCc2cccc(Br)c2)c1C. The normalized spacial score (nSPS) is 11.4. The molecule has 0 aliphatic carbocycles. The second-order valence-electron chi connectivity index (χ2n) is 4.94. The van der Waals surface area contributed by atoms with Crippen LogP contribution in [0, 0.1) is 13.8 Å². The van der Waals surface area contributed by atoms with Crippen molar-refractivity contribution in [2.24, 2.45) is 5.14 Å². The van der Waals surface area contributed by atoms with Gasteiger partial charge in [0.05, 0.1) is 4.90 Å². The van der Waals surface area contributed by atoms with E-state index in [-0.39, 0.29) is 4.90 Å². The van der Waals surface area contributed by atoms with Gasteiger partial charge in [0.2, 0.25) is 10.0 Å². The Morgan fingerprint density at radius 2 is 1.90 bits per heavy atom. The second-order valence-corrected chi connectivity index (χ2v) is 7.42. The van der Waals surface area contributed by atoms with Crippen LogP contribution in [0.2, 0.25) is 0 Å². The minimum atomic E-state index is -3.70. The summed E-state index contributed by atoms with van der Waals surface area (Å²) in [5, 5.41) is 8.48. The molecule has 0 amide bonds. The number of nitrogens with two attached hydrogens (primary N) is 1. The largest absolute Gasteiger partial charge is 0.381 e. The van der Waals surface area contributed by atoms with E-state index in [2.05, 4.69) is 21.2 Å². The van der Waals surface area contributed by atoms with Gasteiger partial charge in [0.1, 0.15) is 0 Å². The summed E-state index contributed by atoms with van der Waals surface area (Å²) in [7, 11) is -3.70. The van der Waals surface area contributed by atoms with Crippen LogP contribution in [0.3, 0.4) is 0 Å². The van der Waals surface area contributed by atoms with Crippen molar-refractivity contribution in [2.75, 3.05) is 5.32 Å². The Bertz CT molecular complexity index is 773. The maximum absolute atomic E-state index is 11.5. The summed E-state index contributed by atoms with van der Waals surface area (Å²) in [6.07, 6.45) is 0. The highest BCUT2D eigenvalue weighted by Crippen LogP contribution is 2.24.